The number of nitrogens with zero attached hydrogens (tertiary/aromatic N) is 2. The molecule has 6 nitrogen and oxygen atoms in total. The Hall–Kier alpha value is -3.54. The van der Waals surface area contributed by atoms with Crippen molar-refractivity contribution in [2.75, 3.05) is 13.2 Å². The summed E-state index contributed by atoms with van der Waals surface area (Å²) in [6.45, 7) is 0.350. The lowest BCUT2D eigenvalue weighted by molar-refractivity contribution is 0.140. The maximum Gasteiger partial charge on any atom is 0.418 e. The summed E-state index contributed by atoms with van der Waals surface area (Å²) in [6.07, 6.45) is 0.0187. The van der Waals surface area contributed by atoms with Crippen molar-refractivity contribution < 1.29 is 19.1 Å². The largest absolute Gasteiger partial charge is 0.448 e. The van der Waals surface area contributed by atoms with Crippen LogP contribution in [0.4, 0.5) is 9.59 Å². The van der Waals surface area contributed by atoms with Gasteiger partial charge in [0.15, 0.2) is 0 Å². The van der Waals surface area contributed by atoms with Gasteiger partial charge in [-0.2, -0.15) is 0 Å². The third-order valence-electron chi connectivity index (χ3n) is 5.11. The number of rotatable bonds is 0. The van der Waals surface area contributed by atoms with E-state index >= 15 is 0 Å². The van der Waals surface area contributed by atoms with E-state index in [9.17, 15) is 9.59 Å². The fraction of sp³-hybridized carbons (Fsp3) is 0.182. The van der Waals surface area contributed by atoms with Crippen molar-refractivity contribution in [3.63, 3.8) is 0 Å². The van der Waals surface area contributed by atoms with E-state index in [-0.39, 0.29) is 13.2 Å². The van der Waals surface area contributed by atoms with Gasteiger partial charge in [0.1, 0.15) is 0 Å². The van der Waals surface area contributed by atoms with Crippen LogP contribution in [0.5, 0.6) is 0 Å². The highest BCUT2D eigenvalue weighted by molar-refractivity contribution is 5.92. The number of ether oxygens (including phenoxy) is 2. The molecule has 0 saturated carbocycles. The standard InChI is InChI=1S/C22H18N2O4/c25-21-23-17(13-15-5-1-3-7-19(15)23)9-11-28-22(26)24-18(10-12-27-21)14-16-6-2-4-8-20(16)24/h1-8,13-14H,9-12H2. The lowest BCUT2D eigenvalue weighted by Crippen LogP contribution is -2.23. The number of carbonyl (C=O) groups is 2. The molecule has 4 aromatic rings. The molecule has 0 atom stereocenters. The van der Waals surface area contributed by atoms with Crippen molar-refractivity contribution in [3.8, 4) is 0 Å². The molecule has 6 heteroatoms. The lowest BCUT2D eigenvalue weighted by atomic mass is 10.2. The van der Waals surface area contributed by atoms with Gasteiger partial charge < -0.3 is 9.47 Å². The number of aromatic nitrogens is 2. The van der Waals surface area contributed by atoms with Crippen molar-refractivity contribution in [2.45, 2.75) is 12.8 Å². The van der Waals surface area contributed by atoms with Crippen LogP contribution in [-0.2, 0) is 22.3 Å². The zero-order valence-corrected chi connectivity index (χ0v) is 15.1. The summed E-state index contributed by atoms with van der Waals surface area (Å²) in [5.41, 5.74) is 3.11. The molecule has 3 heterocycles. The molecule has 0 N–H and O–H groups in total. The molecule has 0 aliphatic carbocycles. The van der Waals surface area contributed by atoms with E-state index in [1.807, 2.05) is 60.7 Å². The predicted octanol–water partition coefficient (Wildman–Crippen LogP) is 4.36. The van der Waals surface area contributed by atoms with Gasteiger partial charge in [0, 0.05) is 35.0 Å². The van der Waals surface area contributed by atoms with Gasteiger partial charge >= 0.3 is 12.2 Å². The van der Waals surface area contributed by atoms with Gasteiger partial charge in [0.2, 0.25) is 0 Å². The molecule has 0 bridgehead atoms. The molecule has 2 aromatic carbocycles. The zero-order valence-electron chi connectivity index (χ0n) is 15.1. The topological polar surface area (TPSA) is 62.5 Å². The van der Waals surface area contributed by atoms with Gasteiger partial charge in [-0.1, -0.05) is 36.4 Å². The SMILES string of the molecule is O=C1OCCc2cc3ccccc3n2C(=O)OCCc2cc3ccccc3n21. The van der Waals surface area contributed by atoms with E-state index in [0.29, 0.717) is 12.8 Å². The highest BCUT2D eigenvalue weighted by Gasteiger charge is 2.21. The minimum absolute atomic E-state index is 0.175. The zero-order chi connectivity index (χ0) is 19.1. The first kappa shape index (κ1) is 16.6. The van der Waals surface area contributed by atoms with Crippen molar-refractivity contribution in [1.82, 2.24) is 9.13 Å². The molecule has 0 unspecified atom stereocenters. The maximum absolute atomic E-state index is 12.8. The molecule has 1 aliphatic rings. The van der Waals surface area contributed by atoms with Crippen LogP contribution in [0.2, 0.25) is 0 Å². The van der Waals surface area contributed by atoms with Crippen LogP contribution in [0, 0.1) is 0 Å². The average molecular weight is 374 g/mol. The number of fused-ring (bicyclic) bond motifs is 6. The second kappa shape index (κ2) is 6.56. The van der Waals surface area contributed by atoms with Crippen molar-refractivity contribution >= 4 is 34.0 Å². The Morgan fingerprint density at radius 3 is 1.54 bits per heavy atom. The molecule has 0 saturated heterocycles. The molecule has 140 valence electrons. The fourth-order valence-corrected chi connectivity index (χ4v) is 3.84. The third kappa shape index (κ3) is 2.65. The van der Waals surface area contributed by atoms with E-state index in [0.717, 1.165) is 33.2 Å². The number of benzene rings is 2. The van der Waals surface area contributed by atoms with Gasteiger partial charge in [-0.3, -0.25) is 0 Å². The first-order chi connectivity index (χ1) is 13.7. The second-order valence-electron chi connectivity index (χ2n) is 6.79. The van der Waals surface area contributed by atoms with Crippen LogP contribution < -0.4 is 0 Å². The first-order valence-corrected chi connectivity index (χ1v) is 9.25. The predicted molar refractivity (Wildman–Crippen MR) is 105 cm³/mol. The quantitative estimate of drug-likeness (QED) is 0.459. The highest BCUT2D eigenvalue weighted by atomic mass is 16.6. The van der Waals surface area contributed by atoms with Gasteiger partial charge in [0.25, 0.3) is 0 Å². The number of hydrogen-bond donors (Lipinski definition) is 0. The Labute approximate surface area is 160 Å². The Bertz CT molecular complexity index is 1120. The molecule has 2 aromatic heterocycles. The molecule has 1 aliphatic heterocycles. The van der Waals surface area contributed by atoms with E-state index in [1.54, 1.807) is 9.13 Å². The minimum atomic E-state index is -0.411. The molecule has 5 rings (SSSR count). The Morgan fingerprint density at radius 2 is 1.07 bits per heavy atom. The minimum Gasteiger partial charge on any atom is -0.448 e. The maximum atomic E-state index is 12.8. The highest BCUT2D eigenvalue weighted by Crippen LogP contribution is 2.23. The molecule has 0 spiro atoms. The van der Waals surface area contributed by atoms with Crippen LogP contribution in [0.15, 0.2) is 60.7 Å². The summed E-state index contributed by atoms with van der Waals surface area (Å²) in [6, 6.07) is 19.2. The van der Waals surface area contributed by atoms with Crippen LogP contribution in [0.3, 0.4) is 0 Å². The van der Waals surface area contributed by atoms with Crippen LogP contribution >= 0.6 is 0 Å². The van der Waals surface area contributed by atoms with Gasteiger partial charge in [-0.25, -0.2) is 18.7 Å². The molecule has 0 amide bonds. The fourth-order valence-electron chi connectivity index (χ4n) is 3.84. The summed E-state index contributed by atoms with van der Waals surface area (Å²) in [4.78, 5) is 25.5. The molecular weight excluding hydrogens is 356 g/mol. The number of carbonyl (C=O) groups excluding carboxylic acids is 2. The first-order valence-electron chi connectivity index (χ1n) is 9.25. The third-order valence-corrected chi connectivity index (χ3v) is 5.11. The molecular formula is C22H18N2O4. The Morgan fingerprint density at radius 1 is 0.643 bits per heavy atom. The summed E-state index contributed by atoms with van der Waals surface area (Å²) in [5.74, 6) is 0. The smallest absolute Gasteiger partial charge is 0.418 e. The summed E-state index contributed by atoms with van der Waals surface area (Å²) >= 11 is 0. The van der Waals surface area contributed by atoms with Crippen molar-refractivity contribution in [3.05, 3.63) is 72.1 Å². The average Bonchev–Trinajstić information content (AvgIpc) is 3.24. The number of hydrogen-bond acceptors (Lipinski definition) is 4. The van der Waals surface area contributed by atoms with E-state index in [2.05, 4.69) is 0 Å². The Balaban J connectivity index is 1.55. The van der Waals surface area contributed by atoms with E-state index in [4.69, 9.17) is 9.47 Å². The number of para-hydroxylation sites is 2. The lowest BCUT2D eigenvalue weighted by Gasteiger charge is -2.14. The van der Waals surface area contributed by atoms with Crippen LogP contribution in [0.25, 0.3) is 21.8 Å². The van der Waals surface area contributed by atoms with Crippen LogP contribution in [0.1, 0.15) is 11.4 Å². The molecule has 28 heavy (non-hydrogen) atoms. The van der Waals surface area contributed by atoms with Crippen molar-refractivity contribution in [1.29, 1.82) is 0 Å². The van der Waals surface area contributed by atoms with Crippen LogP contribution in [-0.4, -0.2) is 34.5 Å². The van der Waals surface area contributed by atoms with Crippen molar-refractivity contribution in [2.24, 2.45) is 0 Å². The van der Waals surface area contributed by atoms with Gasteiger partial charge in [0.05, 0.1) is 24.2 Å². The van der Waals surface area contributed by atoms with Gasteiger partial charge in [-0.15, -0.1) is 0 Å². The van der Waals surface area contributed by atoms with E-state index < -0.39 is 12.2 Å². The molecule has 0 radical (unpaired) electrons. The summed E-state index contributed by atoms with van der Waals surface area (Å²) in [7, 11) is 0. The summed E-state index contributed by atoms with van der Waals surface area (Å²) < 4.78 is 14.2. The molecule has 0 fully saturated rings. The van der Waals surface area contributed by atoms with E-state index in [1.165, 1.54) is 0 Å². The van der Waals surface area contributed by atoms with Gasteiger partial charge in [-0.05, 0) is 24.3 Å². The Kier molecular flexibility index (Phi) is 3.90. The monoisotopic (exact) mass is 374 g/mol. The summed E-state index contributed by atoms with van der Waals surface area (Å²) in [5, 5.41) is 1.90. The second-order valence-corrected chi connectivity index (χ2v) is 6.79. The normalized spacial score (nSPS) is 15.3. The number of cyclic esters (lactones) is 2.